The minimum atomic E-state index is -4.27. The Labute approximate surface area is 109 Å². The second kappa shape index (κ2) is 5.81. The first-order chi connectivity index (χ1) is 8.74. The van der Waals surface area contributed by atoms with Crippen LogP contribution in [-0.4, -0.2) is 29.8 Å². The highest BCUT2D eigenvalue weighted by Gasteiger charge is 2.31. The second-order valence-corrected chi connectivity index (χ2v) is 4.37. The molecule has 0 radical (unpaired) electrons. The van der Waals surface area contributed by atoms with Crippen molar-refractivity contribution in [1.82, 2.24) is 0 Å². The lowest BCUT2D eigenvalue weighted by Gasteiger charge is -2.30. The van der Waals surface area contributed by atoms with Crippen LogP contribution < -0.4 is 10.6 Å². The van der Waals surface area contributed by atoms with E-state index in [-0.39, 0.29) is 11.9 Å². The predicted octanol–water partition coefficient (Wildman–Crippen LogP) is 2.56. The van der Waals surface area contributed by atoms with Gasteiger partial charge in [0.25, 0.3) is 0 Å². The van der Waals surface area contributed by atoms with Crippen molar-refractivity contribution >= 4 is 11.5 Å². The topological polar surface area (TPSA) is 61.8 Å². The summed E-state index contributed by atoms with van der Waals surface area (Å²) in [6, 6.07) is 5.75. The molecule has 0 aromatic heterocycles. The monoisotopic (exact) mass is 275 g/mol. The number of halogens is 3. The Balaban J connectivity index is 2.98. The third-order valence-corrected chi connectivity index (χ3v) is 2.58. The fraction of sp³-hybridized carbons (Fsp3) is 0.417. The van der Waals surface area contributed by atoms with E-state index in [0.717, 1.165) is 0 Å². The van der Waals surface area contributed by atoms with Crippen LogP contribution in [0.1, 0.15) is 19.4 Å². The summed E-state index contributed by atoms with van der Waals surface area (Å²) in [6.07, 6.45) is -4.27. The molecule has 4 nitrogen and oxygen atoms in total. The molecule has 0 aliphatic heterocycles. The van der Waals surface area contributed by atoms with Gasteiger partial charge in [-0.15, -0.1) is 0 Å². The molecule has 106 valence electrons. The predicted molar refractivity (Wildman–Crippen MR) is 67.5 cm³/mol. The molecule has 1 aromatic rings. The maximum Gasteiger partial charge on any atom is 0.405 e. The zero-order valence-electron chi connectivity index (χ0n) is 10.6. The number of oxime groups is 1. The van der Waals surface area contributed by atoms with Crippen molar-refractivity contribution < 1.29 is 18.4 Å². The zero-order valence-corrected chi connectivity index (χ0v) is 10.6. The first-order valence-electron chi connectivity index (χ1n) is 5.66. The van der Waals surface area contributed by atoms with Crippen LogP contribution in [0.4, 0.5) is 18.9 Å². The zero-order chi connectivity index (χ0) is 14.6. The quantitative estimate of drug-likeness (QED) is 0.384. The molecule has 0 heterocycles. The van der Waals surface area contributed by atoms with E-state index in [9.17, 15) is 13.2 Å². The summed E-state index contributed by atoms with van der Waals surface area (Å²) in [5, 5.41) is 11.3. The van der Waals surface area contributed by atoms with Gasteiger partial charge in [0, 0.05) is 17.3 Å². The van der Waals surface area contributed by atoms with Crippen LogP contribution in [0, 0.1) is 0 Å². The molecule has 0 saturated carbocycles. The third kappa shape index (κ3) is 4.35. The standard InChI is InChI=1S/C12H16F3N3O/c1-8(2)18(7-12(13,14)15)10-5-3-9(4-6-10)11(16)17-19/h3-6,8,19H,7H2,1-2H3,(H2,16,17). The third-order valence-electron chi connectivity index (χ3n) is 2.58. The number of alkyl halides is 3. The molecule has 7 heteroatoms. The minimum Gasteiger partial charge on any atom is -0.409 e. The molecule has 1 aromatic carbocycles. The van der Waals surface area contributed by atoms with Crippen LogP contribution in [0.5, 0.6) is 0 Å². The summed E-state index contributed by atoms with van der Waals surface area (Å²) in [5.41, 5.74) is 6.27. The Hall–Kier alpha value is -1.92. The van der Waals surface area contributed by atoms with Crippen LogP contribution >= 0.6 is 0 Å². The van der Waals surface area contributed by atoms with Crippen LogP contribution in [0.25, 0.3) is 0 Å². The fourth-order valence-corrected chi connectivity index (χ4v) is 1.65. The summed E-state index contributed by atoms with van der Waals surface area (Å²) in [5.74, 6) is -0.0848. The molecule has 0 aliphatic rings. The molecule has 3 N–H and O–H groups in total. The van der Waals surface area contributed by atoms with Crippen molar-refractivity contribution in [3.8, 4) is 0 Å². The Morgan fingerprint density at radius 3 is 2.21 bits per heavy atom. The SMILES string of the molecule is CC(C)N(CC(F)(F)F)c1ccc(C(N)=NO)cc1. The van der Waals surface area contributed by atoms with Gasteiger partial charge in [-0.2, -0.15) is 13.2 Å². The van der Waals surface area contributed by atoms with Crippen LogP contribution in [-0.2, 0) is 0 Å². The van der Waals surface area contributed by atoms with Crippen molar-refractivity contribution in [2.45, 2.75) is 26.1 Å². The number of anilines is 1. The molecule has 19 heavy (non-hydrogen) atoms. The van der Waals surface area contributed by atoms with Gasteiger partial charge in [0.1, 0.15) is 6.54 Å². The lowest BCUT2D eigenvalue weighted by Crippen LogP contribution is -2.39. The lowest BCUT2D eigenvalue weighted by molar-refractivity contribution is -0.120. The van der Waals surface area contributed by atoms with Crippen molar-refractivity contribution in [3.05, 3.63) is 29.8 Å². The van der Waals surface area contributed by atoms with Gasteiger partial charge in [-0.25, -0.2) is 0 Å². The summed E-state index contributed by atoms with van der Waals surface area (Å²) < 4.78 is 37.5. The van der Waals surface area contributed by atoms with Crippen LogP contribution in [0.3, 0.4) is 0 Å². The van der Waals surface area contributed by atoms with Gasteiger partial charge in [0.05, 0.1) is 0 Å². The first kappa shape index (κ1) is 15.1. The van der Waals surface area contributed by atoms with Crippen molar-refractivity contribution in [1.29, 1.82) is 0 Å². The number of hydrogen-bond acceptors (Lipinski definition) is 3. The first-order valence-corrected chi connectivity index (χ1v) is 5.66. The van der Waals surface area contributed by atoms with E-state index in [1.807, 2.05) is 0 Å². The smallest absolute Gasteiger partial charge is 0.405 e. The Bertz CT molecular complexity index is 441. The Kier molecular flexibility index (Phi) is 4.63. The summed E-state index contributed by atoms with van der Waals surface area (Å²) >= 11 is 0. The number of hydrogen-bond donors (Lipinski definition) is 2. The number of amidine groups is 1. The summed E-state index contributed by atoms with van der Waals surface area (Å²) in [7, 11) is 0. The average Bonchev–Trinajstić information content (AvgIpc) is 2.34. The molecule has 0 amide bonds. The number of nitrogens with zero attached hydrogens (tertiary/aromatic N) is 2. The highest BCUT2D eigenvalue weighted by molar-refractivity contribution is 5.97. The Morgan fingerprint density at radius 2 is 1.84 bits per heavy atom. The number of nitrogens with two attached hydrogens (primary N) is 1. The molecule has 1 rings (SSSR count). The van der Waals surface area contributed by atoms with Gasteiger partial charge in [0.2, 0.25) is 0 Å². The molecule has 0 unspecified atom stereocenters. The number of benzene rings is 1. The van der Waals surface area contributed by atoms with Gasteiger partial charge in [-0.05, 0) is 38.1 Å². The highest BCUT2D eigenvalue weighted by atomic mass is 19.4. The molecular formula is C12H16F3N3O. The molecule has 0 spiro atoms. The van der Waals surface area contributed by atoms with E-state index in [1.165, 1.54) is 29.2 Å². The van der Waals surface area contributed by atoms with Crippen LogP contribution in [0.2, 0.25) is 0 Å². The molecule has 0 bridgehead atoms. The normalized spacial score (nSPS) is 12.8. The van der Waals surface area contributed by atoms with Crippen molar-refractivity contribution in [2.75, 3.05) is 11.4 Å². The summed E-state index contributed by atoms with van der Waals surface area (Å²) in [6.45, 7) is 2.35. The number of rotatable bonds is 4. The fourth-order valence-electron chi connectivity index (χ4n) is 1.65. The second-order valence-electron chi connectivity index (χ2n) is 4.37. The van der Waals surface area contributed by atoms with E-state index in [0.29, 0.717) is 11.3 Å². The minimum absolute atomic E-state index is 0.0848. The molecule has 0 saturated heterocycles. The van der Waals surface area contributed by atoms with E-state index < -0.39 is 12.7 Å². The maximum absolute atomic E-state index is 12.5. The summed E-state index contributed by atoms with van der Waals surface area (Å²) in [4.78, 5) is 1.23. The van der Waals surface area contributed by atoms with Gasteiger partial charge in [-0.3, -0.25) is 0 Å². The van der Waals surface area contributed by atoms with Crippen molar-refractivity contribution in [2.24, 2.45) is 10.9 Å². The van der Waals surface area contributed by atoms with E-state index in [2.05, 4.69) is 5.16 Å². The van der Waals surface area contributed by atoms with Crippen LogP contribution in [0.15, 0.2) is 29.4 Å². The van der Waals surface area contributed by atoms with E-state index >= 15 is 0 Å². The highest BCUT2D eigenvalue weighted by Crippen LogP contribution is 2.24. The average molecular weight is 275 g/mol. The Morgan fingerprint density at radius 1 is 1.32 bits per heavy atom. The van der Waals surface area contributed by atoms with Gasteiger partial charge >= 0.3 is 6.18 Å². The van der Waals surface area contributed by atoms with E-state index in [4.69, 9.17) is 10.9 Å². The van der Waals surface area contributed by atoms with E-state index in [1.54, 1.807) is 13.8 Å². The lowest BCUT2D eigenvalue weighted by atomic mass is 10.1. The van der Waals surface area contributed by atoms with Crippen molar-refractivity contribution in [3.63, 3.8) is 0 Å². The largest absolute Gasteiger partial charge is 0.409 e. The molecular weight excluding hydrogens is 259 g/mol. The van der Waals surface area contributed by atoms with Gasteiger partial charge < -0.3 is 15.8 Å². The molecule has 0 fully saturated rings. The maximum atomic E-state index is 12.5. The molecule has 0 aliphatic carbocycles. The van der Waals surface area contributed by atoms with Gasteiger partial charge in [-0.1, -0.05) is 5.16 Å². The van der Waals surface area contributed by atoms with Gasteiger partial charge in [0.15, 0.2) is 5.84 Å². The molecule has 0 atom stereocenters.